The third-order valence-corrected chi connectivity index (χ3v) is 3.63. The van der Waals surface area contributed by atoms with Crippen LogP contribution in [0.2, 0.25) is 0 Å². The van der Waals surface area contributed by atoms with E-state index in [1.807, 2.05) is 0 Å². The zero-order valence-corrected chi connectivity index (χ0v) is 12.4. The number of carbonyl (C=O) groups excluding carboxylic acids is 2. The van der Waals surface area contributed by atoms with Crippen LogP contribution in [0, 0.1) is 11.7 Å². The van der Waals surface area contributed by atoms with Crippen LogP contribution in [0.15, 0.2) is 48.5 Å². The molecule has 4 nitrogen and oxygen atoms in total. The van der Waals surface area contributed by atoms with Gasteiger partial charge in [0.2, 0.25) is 5.91 Å². The van der Waals surface area contributed by atoms with Crippen LogP contribution in [0.1, 0.15) is 28.8 Å². The van der Waals surface area contributed by atoms with Gasteiger partial charge in [-0.05, 0) is 37.1 Å². The number of halogens is 1. The summed E-state index contributed by atoms with van der Waals surface area (Å²) in [7, 11) is 0. The molecule has 1 saturated carbocycles. The van der Waals surface area contributed by atoms with E-state index in [1.165, 1.54) is 6.07 Å². The van der Waals surface area contributed by atoms with Crippen LogP contribution in [-0.4, -0.2) is 11.9 Å². The molecule has 1 aliphatic rings. The number of amides is 1. The van der Waals surface area contributed by atoms with Gasteiger partial charge in [-0.25, -0.2) is 9.18 Å². The van der Waals surface area contributed by atoms with Crippen molar-refractivity contribution in [3.63, 3.8) is 0 Å². The quantitative estimate of drug-likeness (QED) is 0.859. The SMILES string of the molecule is O=C(OCc1ccccc1F)c1cccc(NC(=O)C2CC2)c1. The van der Waals surface area contributed by atoms with E-state index in [2.05, 4.69) is 5.32 Å². The van der Waals surface area contributed by atoms with Crippen LogP contribution < -0.4 is 5.32 Å². The molecule has 2 aromatic rings. The molecule has 3 rings (SSSR count). The fraction of sp³-hybridized carbons (Fsp3) is 0.222. The van der Waals surface area contributed by atoms with Gasteiger partial charge in [0.25, 0.3) is 0 Å². The average molecular weight is 313 g/mol. The van der Waals surface area contributed by atoms with E-state index in [0.717, 1.165) is 12.8 Å². The van der Waals surface area contributed by atoms with Gasteiger partial charge < -0.3 is 10.1 Å². The minimum absolute atomic E-state index is 0.0260. The van der Waals surface area contributed by atoms with E-state index in [9.17, 15) is 14.0 Å². The lowest BCUT2D eigenvalue weighted by Crippen LogP contribution is -2.14. The summed E-state index contributed by atoms with van der Waals surface area (Å²) < 4.78 is 18.6. The second-order valence-corrected chi connectivity index (χ2v) is 5.51. The molecule has 0 saturated heterocycles. The number of esters is 1. The van der Waals surface area contributed by atoms with Crippen molar-refractivity contribution in [1.82, 2.24) is 0 Å². The first-order valence-corrected chi connectivity index (χ1v) is 7.45. The lowest BCUT2D eigenvalue weighted by Gasteiger charge is -2.08. The highest BCUT2D eigenvalue weighted by Crippen LogP contribution is 2.30. The van der Waals surface area contributed by atoms with Gasteiger partial charge >= 0.3 is 5.97 Å². The van der Waals surface area contributed by atoms with Crippen LogP contribution in [0.5, 0.6) is 0 Å². The van der Waals surface area contributed by atoms with Gasteiger partial charge in [0, 0.05) is 17.2 Å². The van der Waals surface area contributed by atoms with Crippen molar-refractivity contribution < 1.29 is 18.7 Å². The number of hydrogen-bond acceptors (Lipinski definition) is 3. The normalized spacial score (nSPS) is 13.4. The summed E-state index contributed by atoms with van der Waals surface area (Å²) >= 11 is 0. The molecule has 5 heteroatoms. The maximum absolute atomic E-state index is 13.5. The Labute approximate surface area is 133 Å². The molecule has 1 fully saturated rings. The first-order valence-electron chi connectivity index (χ1n) is 7.45. The Morgan fingerprint density at radius 3 is 2.65 bits per heavy atom. The van der Waals surface area contributed by atoms with Crippen LogP contribution in [-0.2, 0) is 16.1 Å². The van der Waals surface area contributed by atoms with Gasteiger partial charge in [0.05, 0.1) is 5.56 Å². The summed E-state index contributed by atoms with van der Waals surface area (Å²) in [6.07, 6.45) is 1.83. The van der Waals surface area contributed by atoms with E-state index in [1.54, 1.807) is 42.5 Å². The first kappa shape index (κ1) is 15.2. The molecule has 0 aliphatic heterocycles. The third-order valence-electron chi connectivity index (χ3n) is 3.63. The van der Waals surface area contributed by atoms with E-state index in [-0.39, 0.29) is 18.4 Å². The Hall–Kier alpha value is -2.69. The van der Waals surface area contributed by atoms with Crippen molar-refractivity contribution in [2.45, 2.75) is 19.4 Å². The van der Waals surface area contributed by atoms with Crippen LogP contribution in [0.25, 0.3) is 0 Å². The molecule has 2 aromatic carbocycles. The molecule has 23 heavy (non-hydrogen) atoms. The molecule has 0 aromatic heterocycles. The number of rotatable bonds is 5. The van der Waals surface area contributed by atoms with E-state index in [0.29, 0.717) is 16.8 Å². The lowest BCUT2D eigenvalue weighted by molar-refractivity contribution is -0.117. The largest absolute Gasteiger partial charge is 0.457 e. The van der Waals surface area contributed by atoms with Gasteiger partial charge in [-0.3, -0.25) is 4.79 Å². The van der Waals surface area contributed by atoms with Crippen molar-refractivity contribution >= 4 is 17.6 Å². The number of anilines is 1. The minimum Gasteiger partial charge on any atom is -0.457 e. The molecule has 1 N–H and O–H groups in total. The highest BCUT2D eigenvalue weighted by Gasteiger charge is 2.29. The Kier molecular flexibility index (Phi) is 4.37. The molecular weight excluding hydrogens is 297 g/mol. The topological polar surface area (TPSA) is 55.4 Å². The Bertz CT molecular complexity index is 741. The highest BCUT2D eigenvalue weighted by atomic mass is 19.1. The zero-order valence-electron chi connectivity index (χ0n) is 12.4. The molecule has 118 valence electrons. The van der Waals surface area contributed by atoms with Crippen molar-refractivity contribution in [2.75, 3.05) is 5.32 Å². The standard InChI is InChI=1S/C18H16FNO3/c19-16-7-2-1-4-14(16)11-23-18(22)13-5-3-6-15(10-13)20-17(21)12-8-9-12/h1-7,10,12H,8-9,11H2,(H,20,21). The van der Waals surface area contributed by atoms with Gasteiger partial charge in [-0.1, -0.05) is 24.3 Å². The molecule has 0 radical (unpaired) electrons. The third kappa shape index (κ3) is 3.94. The molecule has 1 amide bonds. The van der Waals surface area contributed by atoms with E-state index >= 15 is 0 Å². The van der Waals surface area contributed by atoms with E-state index in [4.69, 9.17) is 4.74 Å². The fourth-order valence-corrected chi connectivity index (χ4v) is 2.16. The Morgan fingerprint density at radius 1 is 1.13 bits per heavy atom. The summed E-state index contributed by atoms with van der Waals surface area (Å²) in [6, 6.07) is 12.7. The minimum atomic E-state index is -0.559. The second-order valence-electron chi connectivity index (χ2n) is 5.51. The van der Waals surface area contributed by atoms with Gasteiger partial charge in [-0.2, -0.15) is 0 Å². The number of benzene rings is 2. The molecular formula is C18H16FNO3. The van der Waals surface area contributed by atoms with Crippen molar-refractivity contribution in [3.05, 3.63) is 65.5 Å². The summed E-state index contributed by atoms with van der Waals surface area (Å²) in [5, 5.41) is 2.78. The number of nitrogens with one attached hydrogen (secondary N) is 1. The summed E-state index contributed by atoms with van der Waals surface area (Å²) in [6.45, 7) is -0.135. The number of carbonyl (C=O) groups is 2. The Balaban J connectivity index is 1.62. The molecule has 0 heterocycles. The second kappa shape index (κ2) is 6.60. The molecule has 0 spiro atoms. The summed E-state index contributed by atoms with van der Waals surface area (Å²) in [5.41, 5.74) is 1.19. The monoisotopic (exact) mass is 313 g/mol. The Morgan fingerprint density at radius 2 is 1.91 bits per heavy atom. The van der Waals surface area contributed by atoms with Crippen molar-refractivity contribution in [3.8, 4) is 0 Å². The number of hydrogen-bond donors (Lipinski definition) is 1. The molecule has 0 bridgehead atoms. The zero-order chi connectivity index (χ0) is 16.2. The van der Waals surface area contributed by atoms with Gasteiger partial charge in [-0.15, -0.1) is 0 Å². The maximum atomic E-state index is 13.5. The van der Waals surface area contributed by atoms with Crippen molar-refractivity contribution in [1.29, 1.82) is 0 Å². The van der Waals surface area contributed by atoms with Gasteiger partial charge in [0.15, 0.2) is 0 Å². The first-order chi connectivity index (χ1) is 11.1. The lowest BCUT2D eigenvalue weighted by atomic mass is 10.2. The number of ether oxygens (including phenoxy) is 1. The molecule has 0 atom stereocenters. The van der Waals surface area contributed by atoms with Crippen LogP contribution >= 0.6 is 0 Å². The molecule has 0 unspecified atom stereocenters. The van der Waals surface area contributed by atoms with Crippen molar-refractivity contribution in [2.24, 2.45) is 5.92 Å². The maximum Gasteiger partial charge on any atom is 0.338 e. The van der Waals surface area contributed by atoms with Gasteiger partial charge in [0.1, 0.15) is 12.4 Å². The summed E-state index contributed by atoms with van der Waals surface area (Å²) in [5.74, 6) is -0.907. The van der Waals surface area contributed by atoms with E-state index < -0.39 is 11.8 Å². The smallest absolute Gasteiger partial charge is 0.338 e. The predicted octanol–water partition coefficient (Wildman–Crippen LogP) is 3.53. The molecule has 1 aliphatic carbocycles. The fourth-order valence-electron chi connectivity index (χ4n) is 2.16. The average Bonchev–Trinajstić information content (AvgIpc) is 3.39. The predicted molar refractivity (Wildman–Crippen MR) is 83.3 cm³/mol. The summed E-state index contributed by atoms with van der Waals surface area (Å²) in [4.78, 5) is 23.8. The van der Waals surface area contributed by atoms with Crippen LogP contribution in [0.4, 0.5) is 10.1 Å². The van der Waals surface area contributed by atoms with Crippen LogP contribution in [0.3, 0.4) is 0 Å². The highest BCUT2D eigenvalue weighted by molar-refractivity contribution is 5.96.